The fraction of sp³-hybridized carbons (Fsp3) is 0.538. The molecule has 0 radical (unpaired) electrons. The molecule has 0 saturated heterocycles. The second-order valence-electron chi connectivity index (χ2n) is 3.90. The zero-order valence-corrected chi connectivity index (χ0v) is 10.0. The van der Waals surface area contributed by atoms with E-state index in [0.29, 0.717) is 0 Å². The van der Waals surface area contributed by atoms with Crippen molar-refractivity contribution in [1.29, 1.82) is 0 Å². The van der Waals surface area contributed by atoms with Gasteiger partial charge in [0.2, 0.25) is 0 Å². The summed E-state index contributed by atoms with van der Waals surface area (Å²) in [6, 6.07) is 6.95. The monoisotopic (exact) mass is 225 g/mol. The molecule has 3 heteroatoms. The van der Waals surface area contributed by atoms with E-state index in [2.05, 4.69) is 5.32 Å². The van der Waals surface area contributed by atoms with E-state index in [9.17, 15) is 4.39 Å². The summed E-state index contributed by atoms with van der Waals surface area (Å²) in [7, 11) is 1.70. The Bertz CT molecular complexity index is 304. The van der Waals surface area contributed by atoms with Crippen molar-refractivity contribution in [3.05, 3.63) is 35.6 Å². The van der Waals surface area contributed by atoms with Gasteiger partial charge in [-0.25, -0.2) is 4.39 Å². The molecule has 0 aromatic heterocycles. The molecular formula is C13H20FNO. The van der Waals surface area contributed by atoms with Crippen LogP contribution in [0.4, 0.5) is 4.39 Å². The first kappa shape index (κ1) is 13.1. The van der Waals surface area contributed by atoms with Crippen molar-refractivity contribution < 1.29 is 9.13 Å². The van der Waals surface area contributed by atoms with Crippen molar-refractivity contribution in [2.45, 2.75) is 25.8 Å². The minimum Gasteiger partial charge on any atom is -0.385 e. The van der Waals surface area contributed by atoms with Crippen LogP contribution in [0.5, 0.6) is 0 Å². The Morgan fingerprint density at radius 2 is 2.06 bits per heavy atom. The number of ether oxygens (including phenoxy) is 1. The standard InChI is InChI=1S/C13H20FNO/c1-11(15-9-5-6-10-16-2)12-7-3-4-8-13(12)14/h3-4,7-8,11,15H,5-6,9-10H2,1-2H3. The van der Waals surface area contributed by atoms with Crippen LogP contribution in [0.15, 0.2) is 24.3 Å². The smallest absolute Gasteiger partial charge is 0.127 e. The summed E-state index contributed by atoms with van der Waals surface area (Å²) in [5.74, 6) is -0.139. The molecule has 1 N–H and O–H groups in total. The number of halogens is 1. The molecule has 0 amide bonds. The zero-order chi connectivity index (χ0) is 11.8. The molecule has 16 heavy (non-hydrogen) atoms. The fourth-order valence-electron chi connectivity index (χ4n) is 1.63. The highest BCUT2D eigenvalue weighted by Gasteiger charge is 2.08. The van der Waals surface area contributed by atoms with E-state index in [0.717, 1.165) is 31.6 Å². The summed E-state index contributed by atoms with van der Waals surface area (Å²) in [6.45, 7) is 3.66. The van der Waals surface area contributed by atoms with E-state index in [-0.39, 0.29) is 11.9 Å². The molecule has 1 unspecified atom stereocenters. The summed E-state index contributed by atoms with van der Waals surface area (Å²) >= 11 is 0. The molecule has 0 heterocycles. The zero-order valence-electron chi connectivity index (χ0n) is 10.0. The Morgan fingerprint density at radius 3 is 2.75 bits per heavy atom. The van der Waals surface area contributed by atoms with Crippen LogP contribution in [-0.4, -0.2) is 20.3 Å². The molecule has 0 aliphatic rings. The van der Waals surface area contributed by atoms with Crippen LogP contribution in [0.25, 0.3) is 0 Å². The van der Waals surface area contributed by atoms with Gasteiger partial charge in [-0.3, -0.25) is 0 Å². The lowest BCUT2D eigenvalue weighted by Gasteiger charge is -2.14. The SMILES string of the molecule is COCCCCNC(C)c1ccccc1F. The number of hydrogen-bond donors (Lipinski definition) is 1. The topological polar surface area (TPSA) is 21.3 Å². The third-order valence-electron chi connectivity index (χ3n) is 2.60. The van der Waals surface area contributed by atoms with Gasteiger partial charge in [-0.15, -0.1) is 0 Å². The molecule has 90 valence electrons. The predicted octanol–water partition coefficient (Wildman–Crippen LogP) is 2.90. The summed E-state index contributed by atoms with van der Waals surface area (Å²) in [6.07, 6.45) is 2.08. The number of nitrogens with one attached hydrogen (secondary N) is 1. The van der Waals surface area contributed by atoms with Gasteiger partial charge in [0.25, 0.3) is 0 Å². The second kappa shape index (κ2) is 7.36. The number of unbranched alkanes of at least 4 members (excludes halogenated alkanes) is 1. The van der Waals surface area contributed by atoms with Gasteiger partial charge in [0.1, 0.15) is 5.82 Å². The quantitative estimate of drug-likeness (QED) is 0.720. The van der Waals surface area contributed by atoms with E-state index in [1.807, 2.05) is 19.1 Å². The van der Waals surface area contributed by atoms with Gasteiger partial charge in [0.15, 0.2) is 0 Å². The predicted molar refractivity (Wildman–Crippen MR) is 63.9 cm³/mol. The van der Waals surface area contributed by atoms with E-state index in [1.54, 1.807) is 13.2 Å². The van der Waals surface area contributed by atoms with Gasteiger partial charge in [0.05, 0.1) is 0 Å². The van der Waals surface area contributed by atoms with Crippen LogP contribution in [0.1, 0.15) is 31.4 Å². The summed E-state index contributed by atoms with van der Waals surface area (Å²) < 4.78 is 18.4. The molecule has 1 atom stereocenters. The highest BCUT2D eigenvalue weighted by molar-refractivity contribution is 5.20. The van der Waals surface area contributed by atoms with E-state index in [4.69, 9.17) is 4.74 Å². The molecule has 0 spiro atoms. The van der Waals surface area contributed by atoms with Crippen molar-refractivity contribution in [2.75, 3.05) is 20.3 Å². The molecule has 1 aromatic carbocycles. The van der Waals surface area contributed by atoms with Crippen LogP contribution in [0.2, 0.25) is 0 Å². The van der Waals surface area contributed by atoms with Crippen molar-refractivity contribution in [2.24, 2.45) is 0 Å². The summed E-state index contributed by atoms with van der Waals surface area (Å²) in [5.41, 5.74) is 0.731. The normalized spacial score (nSPS) is 12.7. The van der Waals surface area contributed by atoms with Crippen molar-refractivity contribution in [1.82, 2.24) is 5.32 Å². The largest absolute Gasteiger partial charge is 0.385 e. The molecule has 0 saturated carbocycles. The highest BCUT2D eigenvalue weighted by Crippen LogP contribution is 2.15. The lowest BCUT2D eigenvalue weighted by Crippen LogP contribution is -2.21. The second-order valence-corrected chi connectivity index (χ2v) is 3.90. The van der Waals surface area contributed by atoms with Crippen LogP contribution in [-0.2, 0) is 4.74 Å². The average molecular weight is 225 g/mol. The first-order valence-electron chi connectivity index (χ1n) is 5.72. The number of methoxy groups -OCH3 is 1. The molecule has 0 bridgehead atoms. The Morgan fingerprint density at radius 1 is 1.31 bits per heavy atom. The van der Waals surface area contributed by atoms with Crippen molar-refractivity contribution in [3.8, 4) is 0 Å². The first-order valence-corrected chi connectivity index (χ1v) is 5.72. The third-order valence-corrected chi connectivity index (χ3v) is 2.60. The Balaban J connectivity index is 2.30. The number of rotatable bonds is 7. The summed E-state index contributed by atoms with van der Waals surface area (Å²) in [4.78, 5) is 0. The fourth-order valence-corrected chi connectivity index (χ4v) is 1.63. The minimum atomic E-state index is -0.139. The Labute approximate surface area is 96.8 Å². The molecule has 0 fully saturated rings. The van der Waals surface area contributed by atoms with Gasteiger partial charge in [-0.05, 0) is 32.4 Å². The van der Waals surface area contributed by atoms with Crippen LogP contribution >= 0.6 is 0 Å². The van der Waals surface area contributed by atoms with Gasteiger partial charge in [-0.1, -0.05) is 18.2 Å². The van der Waals surface area contributed by atoms with Crippen LogP contribution < -0.4 is 5.32 Å². The third kappa shape index (κ3) is 4.29. The molecule has 0 aliphatic carbocycles. The average Bonchev–Trinajstić information content (AvgIpc) is 2.29. The van der Waals surface area contributed by atoms with Gasteiger partial charge in [0, 0.05) is 25.3 Å². The van der Waals surface area contributed by atoms with Crippen LogP contribution in [0.3, 0.4) is 0 Å². The maximum absolute atomic E-state index is 13.4. The Kier molecular flexibility index (Phi) is 6.04. The molecule has 1 aromatic rings. The number of benzene rings is 1. The van der Waals surface area contributed by atoms with E-state index in [1.165, 1.54) is 6.07 Å². The molecule has 1 rings (SSSR count). The van der Waals surface area contributed by atoms with E-state index < -0.39 is 0 Å². The molecular weight excluding hydrogens is 205 g/mol. The lowest BCUT2D eigenvalue weighted by molar-refractivity contribution is 0.192. The lowest BCUT2D eigenvalue weighted by atomic mass is 10.1. The van der Waals surface area contributed by atoms with Gasteiger partial charge >= 0.3 is 0 Å². The molecule has 0 aliphatic heterocycles. The minimum absolute atomic E-state index is 0.0590. The van der Waals surface area contributed by atoms with Crippen LogP contribution in [0, 0.1) is 5.82 Å². The number of hydrogen-bond acceptors (Lipinski definition) is 2. The maximum Gasteiger partial charge on any atom is 0.127 e. The van der Waals surface area contributed by atoms with Crippen molar-refractivity contribution in [3.63, 3.8) is 0 Å². The van der Waals surface area contributed by atoms with Crippen molar-refractivity contribution >= 4 is 0 Å². The maximum atomic E-state index is 13.4. The first-order chi connectivity index (χ1) is 7.75. The molecule has 2 nitrogen and oxygen atoms in total. The Hall–Kier alpha value is -0.930. The summed E-state index contributed by atoms with van der Waals surface area (Å²) in [5, 5.41) is 3.30. The van der Waals surface area contributed by atoms with Gasteiger partial charge < -0.3 is 10.1 Å². The van der Waals surface area contributed by atoms with E-state index >= 15 is 0 Å². The van der Waals surface area contributed by atoms with Gasteiger partial charge in [-0.2, -0.15) is 0 Å². The highest BCUT2D eigenvalue weighted by atomic mass is 19.1.